The largest absolute Gasteiger partial charge is 0.348 e. The van der Waals surface area contributed by atoms with Gasteiger partial charge in [0.15, 0.2) is 5.13 Å². The highest BCUT2D eigenvalue weighted by Crippen LogP contribution is 2.29. The maximum Gasteiger partial charge on any atom is 0.186 e. The maximum atomic E-state index is 5.89. The van der Waals surface area contributed by atoms with Crippen LogP contribution in [0.25, 0.3) is 0 Å². The van der Waals surface area contributed by atoms with Crippen LogP contribution < -0.4 is 4.90 Å². The van der Waals surface area contributed by atoms with Crippen LogP contribution in [0.3, 0.4) is 0 Å². The number of aromatic nitrogens is 1. The zero-order chi connectivity index (χ0) is 13.1. The average Bonchev–Trinajstić information content (AvgIpc) is 2.87. The molecule has 2 nitrogen and oxygen atoms in total. The zero-order valence-corrected chi connectivity index (χ0v) is 12.3. The molecule has 0 unspecified atom stereocenters. The Bertz CT molecular complexity index is 518. The van der Waals surface area contributed by atoms with E-state index in [1.165, 1.54) is 24.8 Å². The number of piperidine rings is 1. The Kier molecular flexibility index (Phi) is 4.04. The summed E-state index contributed by atoms with van der Waals surface area (Å²) in [6.07, 6.45) is 3.69. The standard InChI is InChI=1S/C15H17ClN2S/c16-14-11-19-15(17-14)18-8-6-13(7-9-18)10-12-4-2-1-3-5-12/h1-5,11,13H,6-10H2. The van der Waals surface area contributed by atoms with Crippen LogP contribution in [0.4, 0.5) is 5.13 Å². The molecule has 0 N–H and O–H groups in total. The van der Waals surface area contributed by atoms with E-state index in [0.717, 1.165) is 24.1 Å². The number of hydrogen-bond acceptors (Lipinski definition) is 3. The lowest BCUT2D eigenvalue weighted by Crippen LogP contribution is -2.34. The van der Waals surface area contributed by atoms with Crippen LogP contribution in [0.1, 0.15) is 18.4 Å². The Balaban J connectivity index is 1.55. The fraction of sp³-hybridized carbons (Fsp3) is 0.400. The molecule has 0 amide bonds. The molecule has 1 aromatic heterocycles. The summed E-state index contributed by atoms with van der Waals surface area (Å²) in [6.45, 7) is 2.20. The third-order valence-corrected chi connectivity index (χ3v) is 4.94. The predicted octanol–water partition coefficient (Wildman–Crippen LogP) is 4.26. The molecule has 0 radical (unpaired) electrons. The second-order valence-electron chi connectivity index (χ2n) is 5.07. The van der Waals surface area contributed by atoms with E-state index >= 15 is 0 Å². The van der Waals surface area contributed by atoms with Gasteiger partial charge in [0.25, 0.3) is 0 Å². The Morgan fingerprint density at radius 2 is 1.95 bits per heavy atom. The zero-order valence-electron chi connectivity index (χ0n) is 10.8. The number of halogens is 1. The van der Waals surface area contributed by atoms with Crippen molar-refractivity contribution < 1.29 is 0 Å². The molecule has 1 saturated heterocycles. The van der Waals surface area contributed by atoms with E-state index in [1.807, 2.05) is 5.38 Å². The van der Waals surface area contributed by atoms with E-state index in [-0.39, 0.29) is 0 Å². The number of benzene rings is 1. The van der Waals surface area contributed by atoms with Crippen LogP contribution >= 0.6 is 22.9 Å². The van der Waals surface area contributed by atoms with Gasteiger partial charge in [-0.1, -0.05) is 41.9 Å². The van der Waals surface area contributed by atoms with Gasteiger partial charge in [0.05, 0.1) is 0 Å². The smallest absolute Gasteiger partial charge is 0.186 e. The number of thiazole rings is 1. The van der Waals surface area contributed by atoms with Crippen LogP contribution in [-0.2, 0) is 6.42 Å². The third kappa shape index (κ3) is 3.28. The fourth-order valence-corrected chi connectivity index (χ4v) is 3.67. The molecule has 0 atom stereocenters. The molecule has 3 rings (SSSR count). The minimum atomic E-state index is 0.617. The van der Waals surface area contributed by atoms with Crippen molar-refractivity contribution >= 4 is 28.1 Å². The van der Waals surface area contributed by atoms with Gasteiger partial charge in [-0.2, -0.15) is 0 Å². The molecule has 1 aromatic carbocycles. The van der Waals surface area contributed by atoms with Gasteiger partial charge in [0.1, 0.15) is 5.15 Å². The first-order valence-corrected chi connectivity index (χ1v) is 7.97. The second kappa shape index (κ2) is 5.93. The molecule has 4 heteroatoms. The van der Waals surface area contributed by atoms with E-state index in [9.17, 15) is 0 Å². The van der Waals surface area contributed by atoms with Gasteiger partial charge < -0.3 is 4.90 Å². The van der Waals surface area contributed by atoms with Crippen LogP contribution in [0, 0.1) is 5.92 Å². The first-order valence-electron chi connectivity index (χ1n) is 6.71. The van der Waals surface area contributed by atoms with E-state index in [1.54, 1.807) is 11.3 Å². The van der Waals surface area contributed by atoms with Gasteiger partial charge in [0, 0.05) is 18.5 Å². The first-order chi connectivity index (χ1) is 9.31. The lowest BCUT2D eigenvalue weighted by Gasteiger charge is -2.31. The number of rotatable bonds is 3. The van der Waals surface area contributed by atoms with Crippen molar-refractivity contribution in [3.05, 3.63) is 46.4 Å². The van der Waals surface area contributed by atoms with Crippen molar-refractivity contribution in [1.29, 1.82) is 0 Å². The minimum absolute atomic E-state index is 0.617. The monoisotopic (exact) mass is 292 g/mol. The highest BCUT2D eigenvalue weighted by atomic mass is 35.5. The van der Waals surface area contributed by atoms with Crippen LogP contribution in [0.5, 0.6) is 0 Å². The van der Waals surface area contributed by atoms with Crippen molar-refractivity contribution in [2.75, 3.05) is 18.0 Å². The molecule has 0 saturated carbocycles. The summed E-state index contributed by atoms with van der Waals surface area (Å²) in [5, 5.41) is 3.60. The molecule has 100 valence electrons. The lowest BCUT2D eigenvalue weighted by atomic mass is 9.90. The SMILES string of the molecule is Clc1csc(N2CCC(Cc3ccccc3)CC2)n1. The molecule has 0 spiro atoms. The van der Waals surface area contributed by atoms with E-state index in [2.05, 4.69) is 40.2 Å². The summed E-state index contributed by atoms with van der Waals surface area (Å²) in [6, 6.07) is 10.8. The summed E-state index contributed by atoms with van der Waals surface area (Å²) in [4.78, 5) is 6.71. The van der Waals surface area contributed by atoms with E-state index in [0.29, 0.717) is 5.15 Å². The van der Waals surface area contributed by atoms with Crippen LogP contribution in [0.15, 0.2) is 35.7 Å². The van der Waals surface area contributed by atoms with E-state index < -0.39 is 0 Å². The first kappa shape index (κ1) is 12.9. The van der Waals surface area contributed by atoms with Crippen molar-refractivity contribution in [1.82, 2.24) is 4.98 Å². The highest BCUT2D eigenvalue weighted by Gasteiger charge is 2.21. The number of nitrogens with zero attached hydrogens (tertiary/aromatic N) is 2. The number of hydrogen-bond donors (Lipinski definition) is 0. The van der Waals surface area contributed by atoms with Gasteiger partial charge >= 0.3 is 0 Å². The van der Waals surface area contributed by atoms with Crippen molar-refractivity contribution in [2.45, 2.75) is 19.3 Å². The second-order valence-corrected chi connectivity index (χ2v) is 6.30. The van der Waals surface area contributed by atoms with Gasteiger partial charge in [0.2, 0.25) is 0 Å². The topological polar surface area (TPSA) is 16.1 Å². The quantitative estimate of drug-likeness (QED) is 0.840. The Morgan fingerprint density at radius 3 is 2.58 bits per heavy atom. The molecular weight excluding hydrogens is 276 g/mol. The van der Waals surface area contributed by atoms with Gasteiger partial charge in [-0.15, -0.1) is 11.3 Å². The molecule has 1 aliphatic heterocycles. The minimum Gasteiger partial charge on any atom is -0.348 e. The van der Waals surface area contributed by atoms with Crippen LogP contribution in [0.2, 0.25) is 5.15 Å². The normalized spacial score (nSPS) is 16.8. The summed E-state index contributed by atoms with van der Waals surface area (Å²) < 4.78 is 0. The molecule has 19 heavy (non-hydrogen) atoms. The molecule has 2 aromatic rings. The third-order valence-electron chi connectivity index (χ3n) is 3.72. The van der Waals surface area contributed by atoms with Crippen molar-refractivity contribution in [2.24, 2.45) is 5.92 Å². The van der Waals surface area contributed by atoms with Crippen molar-refractivity contribution in [3.63, 3.8) is 0 Å². The fourth-order valence-electron chi connectivity index (χ4n) is 2.67. The highest BCUT2D eigenvalue weighted by molar-refractivity contribution is 7.14. The summed E-state index contributed by atoms with van der Waals surface area (Å²) in [7, 11) is 0. The summed E-state index contributed by atoms with van der Waals surface area (Å²) >= 11 is 7.53. The Morgan fingerprint density at radius 1 is 1.21 bits per heavy atom. The Labute approximate surface area is 123 Å². The maximum absolute atomic E-state index is 5.89. The van der Waals surface area contributed by atoms with Crippen LogP contribution in [-0.4, -0.2) is 18.1 Å². The predicted molar refractivity (Wildman–Crippen MR) is 82.2 cm³/mol. The number of anilines is 1. The lowest BCUT2D eigenvalue weighted by molar-refractivity contribution is 0.403. The summed E-state index contributed by atoms with van der Waals surface area (Å²) in [5.41, 5.74) is 1.46. The molecule has 1 aliphatic rings. The average molecular weight is 293 g/mol. The Hall–Kier alpha value is -1.06. The van der Waals surface area contributed by atoms with Gasteiger partial charge in [-0.25, -0.2) is 4.98 Å². The van der Waals surface area contributed by atoms with E-state index in [4.69, 9.17) is 11.6 Å². The summed E-state index contributed by atoms with van der Waals surface area (Å²) in [5.74, 6) is 0.800. The molecule has 1 fully saturated rings. The van der Waals surface area contributed by atoms with Gasteiger partial charge in [-0.05, 0) is 30.7 Å². The molecule has 0 bridgehead atoms. The van der Waals surface area contributed by atoms with Crippen molar-refractivity contribution in [3.8, 4) is 0 Å². The molecule has 2 heterocycles. The molecule has 0 aliphatic carbocycles. The molecular formula is C15H17ClN2S. The van der Waals surface area contributed by atoms with Gasteiger partial charge in [-0.3, -0.25) is 0 Å².